The lowest BCUT2D eigenvalue weighted by Gasteiger charge is -2.22. The largest absolute Gasteiger partial charge is 0.493 e. The summed E-state index contributed by atoms with van der Waals surface area (Å²) < 4.78 is 10.5. The molecule has 0 aliphatic carbocycles. The molecule has 5 nitrogen and oxygen atoms in total. The van der Waals surface area contributed by atoms with Crippen molar-refractivity contribution in [1.82, 2.24) is 5.32 Å². The summed E-state index contributed by atoms with van der Waals surface area (Å²) in [5, 5.41) is 6.24. The first-order valence-corrected chi connectivity index (χ1v) is 6.90. The number of amides is 1. The normalized spacial score (nSPS) is 17.6. The third-order valence-corrected chi connectivity index (χ3v) is 3.66. The molecule has 1 atom stereocenters. The highest BCUT2D eigenvalue weighted by molar-refractivity contribution is 5.93. The second kappa shape index (κ2) is 8.10. The molecule has 1 aliphatic heterocycles. The molecule has 1 aliphatic rings. The zero-order valence-corrected chi connectivity index (χ0v) is 13.5. The summed E-state index contributed by atoms with van der Waals surface area (Å²) in [5.41, 5.74) is 1.73. The monoisotopic (exact) mass is 314 g/mol. The number of carbonyl (C=O) groups excluding carboxylic acids is 1. The number of benzene rings is 1. The fourth-order valence-electron chi connectivity index (χ4n) is 2.43. The van der Waals surface area contributed by atoms with Crippen LogP contribution in [0.15, 0.2) is 12.1 Å². The first-order valence-electron chi connectivity index (χ1n) is 6.90. The van der Waals surface area contributed by atoms with Gasteiger partial charge >= 0.3 is 0 Å². The minimum absolute atomic E-state index is 0. The SMILES string of the molecule is COc1cc(C)c(NC(=O)C2CCCNC2)cc1OC.Cl. The van der Waals surface area contributed by atoms with E-state index in [0.717, 1.165) is 37.2 Å². The highest BCUT2D eigenvalue weighted by Gasteiger charge is 2.21. The van der Waals surface area contributed by atoms with Crippen molar-refractivity contribution in [3.05, 3.63) is 17.7 Å². The molecule has 1 heterocycles. The molecule has 2 N–H and O–H groups in total. The van der Waals surface area contributed by atoms with Gasteiger partial charge in [0.05, 0.1) is 20.1 Å². The number of ether oxygens (including phenoxy) is 2. The van der Waals surface area contributed by atoms with Crippen molar-refractivity contribution in [3.63, 3.8) is 0 Å². The van der Waals surface area contributed by atoms with Crippen LogP contribution in [0.1, 0.15) is 18.4 Å². The molecule has 0 radical (unpaired) electrons. The van der Waals surface area contributed by atoms with Gasteiger partial charge in [0, 0.05) is 18.3 Å². The maximum absolute atomic E-state index is 12.3. The summed E-state index contributed by atoms with van der Waals surface area (Å²) in [7, 11) is 3.19. The molecule has 1 aromatic rings. The third-order valence-electron chi connectivity index (χ3n) is 3.66. The van der Waals surface area contributed by atoms with Crippen molar-refractivity contribution in [2.75, 3.05) is 32.6 Å². The van der Waals surface area contributed by atoms with Crippen LogP contribution in [0, 0.1) is 12.8 Å². The van der Waals surface area contributed by atoms with Crippen molar-refractivity contribution in [2.24, 2.45) is 5.92 Å². The van der Waals surface area contributed by atoms with E-state index in [1.807, 2.05) is 19.1 Å². The van der Waals surface area contributed by atoms with Crippen LogP contribution in [0.5, 0.6) is 11.5 Å². The van der Waals surface area contributed by atoms with E-state index in [4.69, 9.17) is 9.47 Å². The van der Waals surface area contributed by atoms with Crippen LogP contribution in [-0.4, -0.2) is 33.2 Å². The highest BCUT2D eigenvalue weighted by Crippen LogP contribution is 2.33. The van der Waals surface area contributed by atoms with Crippen LogP contribution >= 0.6 is 12.4 Å². The zero-order valence-electron chi connectivity index (χ0n) is 12.7. The van der Waals surface area contributed by atoms with Crippen molar-refractivity contribution in [2.45, 2.75) is 19.8 Å². The Labute approximate surface area is 131 Å². The number of halogens is 1. The maximum Gasteiger partial charge on any atom is 0.228 e. The van der Waals surface area contributed by atoms with E-state index >= 15 is 0 Å². The van der Waals surface area contributed by atoms with Gasteiger partial charge in [-0.1, -0.05) is 0 Å². The number of methoxy groups -OCH3 is 2. The van der Waals surface area contributed by atoms with Gasteiger partial charge in [-0.3, -0.25) is 4.79 Å². The number of anilines is 1. The van der Waals surface area contributed by atoms with Crippen LogP contribution in [0.25, 0.3) is 0 Å². The second-order valence-corrected chi connectivity index (χ2v) is 5.05. The topological polar surface area (TPSA) is 59.6 Å². The van der Waals surface area contributed by atoms with E-state index in [9.17, 15) is 4.79 Å². The van der Waals surface area contributed by atoms with Gasteiger partial charge in [0.1, 0.15) is 0 Å². The number of rotatable bonds is 4. The molecule has 0 spiro atoms. The predicted molar refractivity (Wildman–Crippen MR) is 85.8 cm³/mol. The van der Waals surface area contributed by atoms with Crippen molar-refractivity contribution in [1.29, 1.82) is 0 Å². The standard InChI is InChI=1S/C15H22N2O3.ClH/c1-10-7-13(19-2)14(20-3)8-12(10)17-15(18)11-5-4-6-16-9-11;/h7-8,11,16H,4-6,9H2,1-3H3,(H,17,18);1H. The highest BCUT2D eigenvalue weighted by atomic mass is 35.5. The molecule has 1 saturated heterocycles. The fraction of sp³-hybridized carbons (Fsp3) is 0.533. The summed E-state index contributed by atoms with van der Waals surface area (Å²) >= 11 is 0. The summed E-state index contributed by atoms with van der Waals surface area (Å²) in [6, 6.07) is 3.68. The van der Waals surface area contributed by atoms with Crippen LogP contribution < -0.4 is 20.1 Å². The zero-order chi connectivity index (χ0) is 14.5. The first-order chi connectivity index (χ1) is 9.65. The average Bonchev–Trinajstić information content (AvgIpc) is 2.49. The molecule has 1 unspecified atom stereocenters. The molecule has 1 aromatic carbocycles. The van der Waals surface area contributed by atoms with Gasteiger partial charge in [-0.05, 0) is 37.9 Å². The first kappa shape index (κ1) is 17.6. The molecule has 6 heteroatoms. The average molecular weight is 315 g/mol. The Hall–Kier alpha value is -1.46. The lowest BCUT2D eigenvalue weighted by Crippen LogP contribution is -2.37. The maximum atomic E-state index is 12.3. The predicted octanol–water partition coefficient (Wildman–Crippen LogP) is 2.37. The van der Waals surface area contributed by atoms with E-state index < -0.39 is 0 Å². The Bertz CT molecular complexity index is 488. The van der Waals surface area contributed by atoms with Gasteiger partial charge in [-0.25, -0.2) is 0 Å². The molecule has 1 amide bonds. The molecular weight excluding hydrogens is 292 g/mol. The van der Waals surface area contributed by atoms with Gasteiger partial charge in [0.2, 0.25) is 5.91 Å². The smallest absolute Gasteiger partial charge is 0.228 e. The quantitative estimate of drug-likeness (QED) is 0.896. The van der Waals surface area contributed by atoms with Crippen LogP contribution in [-0.2, 0) is 4.79 Å². The Balaban J connectivity index is 0.00000220. The van der Waals surface area contributed by atoms with Crippen LogP contribution in [0.2, 0.25) is 0 Å². The number of aryl methyl sites for hydroxylation is 1. The van der Waals surface area contributed by atoms with Crippen LogP contribution in [0.3, 0.4) is 0 Å². The van der Waals surface area contributed by atoms with Gasteiger partial charge < -0.3 is 20.1 Å². The minimum Gasteiger partial charge on any atom is -0.493 e. The summed E-state index contributed by atoms with van der Waals surface area (Å²) in [5.74, 6) is 1.39. The van der Waals surface area contributed by atoms with Gasteiger partial charge in [-0.15, -0.1) is 12.4 Å². The van der Waals surface area contributed by atoms with Gasteiger partial charge in [-0.2, -0.15) is 0 Å². The van der Waals surface area contributed by atoms with E-state index in [1.165, 1.54) is 0 Å². The Morgan fingerprint density at radius 3 is 2.52 bits per heavy atom. The number of nitrogens with one attached hydrogen (secondary N) is 2. The third kappa shape index (κ3) is 4.25. The fourth-order valence-corrected chi connectivity index (χ4v) is 2.43. The van der Waals surface area contributed by atoms with E-state index in [-0.39, 0.29) is 24.2 Å². The summed E-state index contributed by atoms with van der Waals surface area (Å²) in [4.78, 5) is 12.3. The van der Waals surface area contributed by atoms with Crippen LogP contribution in [0.4, 0.5) is 5.69 Å². The Morgan fingerprint density at radius 2 is 1.95 bits per heavy atom. The number of piperidine rings is 1. The summed E-state index contributed by atoms with van der Waals surface area (Å²) in [6.07, 6.45) is 1.98. The molecule has 0 aromatic heterocycles. The molecule has 0 bridgehead atoms. The molecule has 118 valence electrons. The minimum atomic E-state index is 0. The second-order valence-electron chi connectivity index (χ2n) is 5.05. The summed E-state index contributed by atoms with van der Waals surface area (Å²) in [6.45, 7) is 3.69. The molecule has 2 rings (SSSR count). The Morgan fingerprint density at radius 1 is 1.29 bits per heavy atom. The van der Waals surface area contributed by atoms with Gasteiger partial charge in [0.15, 0.2) is 11.5 Å². The molecule has 1 fully saturated rings. The molecule has 0 saturated carbocycles. The lowest BCUT2D eigenvalue weighted by molar-refractivity contribution is -0.120. The Kier molecular flexibility index (Phi) is 6.78. The van der Waals surface area contributed by atoms with Crippen molar-refractivity contribution in [3.8, 4) is 11.5 Å². The van der Waals surface area contributed by atoms with E-state index in [2.05, 4.69) is 10.6 Å². The number of hydrogen-bond donors (Lipinski definition) is 2. The van der Waals surface area contributed by atoms with E-state index in [0.29, 0.717) is 11.5 Å². The van der Waals surface area contributed by atoms with Gasteiger partial charge in [0.25, 0.3) is 0 Å². The number of carbonyl (C=O) groups is 1. The number of hydrogen-bond acceptors (Lipinski definition) is 4. The van der Waals surface area contributed by atoms with E-state index in [1.54, 1.807) is 14.2 Å². The van der Waals surface area contributed by atoms with Crippen molar-refractivity contribution >= 4 is 24.0 Å². The molecule has 21 heavy (non-hydrogen) atoms. The lowest BCUT2D eigenvalue weighted by atomic mass is 9.98. The molecular formula is C15H23ClN2O3. The van der Waals surface area contributed by atoms with Crippen molar-refractivity contribution < 1.29 is 14.3 Å².